The van der Waals surface area contributed by atoms with Crippen molar-refractivity contribution in [2.45, 2.75) is 31.8 Å². The zero-order valence-corrected chi connectivity index (χ0v) is 12.2. The molecule has 3 nitrogen and oxygen atoms in total. The van der Waals surface area contributed by atoms with E-state index in [4.69, 9.17) is 5.73 Å². The third-order valence-corrected chi connectivity index (χ3v) is 3.87. The molecule has 18 heavy (non-hydrogen) atoms. The molecule has 98 valence electrons. The Morgan fingerprint density at radius 2 is 2.28 bits per heavy atom. The molecule has 0 spiro atoms. The number of amides is 1. The Hall–Kier alpha value is -0.870. The lowest BCUT2D eigenvalue weighted by molar-refractivity contribution is -0.130. The minimum atomic E-state index is 0.0439. The van der Waals surface area contributed by atoms with Crippen molar-refractivity contribution in [3.8, 4) is 0 Å². The molecule has 1 amide bonds. The second-order valence-corrected chi connectivity index (χ2v) is 6.00. The number of benzene rings is 1. The van der Waals surface area contributed by atoms with Crippen LogP contribution in [0.5, 0.6) is 0 Å². The van der Waals surface area contributed by atoms with Gasteiger partial charge >= 0.3 is 0 Å². The summed E-state index contributed by atoms with van der Waals surface area (Å²) in [6.45, 7) is 0.635. The lowest BCUT2D eigenvalue weighted by atomic mass is 10.1. The summed E-state index contributed by atoms with van der Waals surface area (Å²) in [6, 6.07) is 8.06. The SMILES string of the molecule is CN(Cc1cccc(Br)c1)C(=O)CC(N)C1CC1. The van der Waals surface area contributed by atoms with E-state index in [1.54, 1.807) is 4.90 Å². The highest BCUT2D eigenvalue weighted by Gasteiger charge is 2.30. The minimum absolute atomic E-state index is 0.0439. The highest BCUT2D eigenvalue weighted by atomic mass is 79.9. The Kier molecular flexibility index (Phi) is 4.40. The summed E-state index contributed by atoms with van der Waals surface area (Å²) in [7, 11) is 1.84. The third-order valence-electron chi connectivity index (χ3n) is 3.37. The number of nitrogens with zero attached hydrogens (tertiary/aromatic N) is 1. The molecule has 0 aliphatic heterocycles. The molecule has 1 fully saturated rings. The molecule has 0 saturated heterocycles. The van der Waals surface area contributed by atoms with E-state index in [0.29, 0.717) is 18.9 Å². The molecule has 0 aromatic heterocycles. The van der Waals surface area contributed by atoms with Gasteiger partial charge in [0.05, 0.1) is 0 Å². The van der Waals surface area contributed by atoms with E-state index >= 15 is 0 Å². The lowest BCUT2D eigenvalue weighted by Gasteiger charge is -2.19. The highest BCUT2D eigenvalue weighted by Crippen LogP contribution is 2.33. The summed E-state index contributed by atoms with van der Waals surface area (Å²) in [5, 5.41) is 0. The van der Waals surface area contributed by atoms with Gasteiger partial charge < -0.3 is 10.6 Å². The number of hydrogen-bond acceptors (Lipinski definition) is 2. The van der Waals surface area contributed by atoms with Crippen molar-refractivity contribution in [2.75, 3.05) is 7.05 Å². The second kappa shape index (κ2) is 5.85. The molecule has 0 radical (unpaired) electrons. The molecule has 0 heterocycles. The number of carbonyl (C=O) groups excluding carboxylic acids is 1. The average molecular weight is 311 g/mol. The van der Waals surface area contributed by atoms with Crippen LogP contribution < -0.4 is 5.73 Å². The minimum Gasteiger partial charge on any atom is -0.341 e. The first-order valence-corrected chi connectivity index (χ1v) is 7.09. The first kappa shape index (κ1) is 13.6. The Morgan fingerprint density at radius 1 is 1.56 bits per heavy atom. The fraction of sp³-hybridized carbons (Fsp3) is 0.500. The molecule has 1 unspecified atom stereocenters. The van der Waals surface area contributed by atoms with Crippen LogP contribution in [0.1, 0.15) is 24.8 Å². The van der Waals surface area contributed by atoms with Gasteiger partial charge in [0.15, 0.2) is 0 Å². The maximum absolute atomic E-state index is 12.0. The molecule has 1 aromatic rings. The quantitative estimate of drug-likeness (QED) is 0.908. The van der Waals surface area contributed by atoms with Gasteiger partial charge in [0, 0.05) is 30.5 Å². The molecule has 1 atom stereocenters. The van der Waals surface area contributed by atoms with E-state index in [9.17, 15) is 4.79 Å². The molecule has 2 N–H and O–H groups in total. The number of rotatable bonds is 5. The fourth-order valence-corrected chi connectivity index (χ4v) is 2.49. The average Bonchev–Trinajstić information content (AvgIpc) is 3.12. The van der Waals surface area contributed by atoms with Gasteiger partial charge in [-0.25, -0.2) is 0 Å². The molecule has 1 aliphatic carbocycles. The van der Waals surface area contributed by atoms with Crippen LogP contribution in [0.15, 0.2) is 28.7 Å². The van der Waals surface area contributed by atoms with E-state index < -0.39 is 0 Å². The zero-order chi connectivity index (χ0) is 13.1. The Bertz CT molecular complexity index is 432. The summed E-state index contributed by atoms with van der Waals surface area (Å²) in [5.74, 6) is 0.711. The van der Waals surface area contributed by atoms with Crippen LogP contribution >= 0.6 is 15.9 Å². The standard InChI is InChI=1S/C14H19BrN2O/c1-17(9-10-3-2-4-12(15)7-10)14(18)8-13(16)11-5-6-11/h2-4,7,11,13H,5-6,8-9,16H2,1H3. The van der Waals surface area contributed by atoms with E-state index in [-0.39, 0.29) is 11.9 Å². The van der Waals surface area contributed by atoms with Crippen molar-refractivity contribution in [2.24, 2.45) is 11.7 Å². The van der Waals surface area contributed by atoms with E-state index in [0.717, 1.165) is 10.0 Å². The van der Waals surface area contributed by atoms with E-state index in [1.807, 2.05) is 31.3 Å². The van der Waals surface area contributed by atoms with Gasteiger partial charge in [0.1, 0.15) is 0 Å². The first-order chi connectivity index (χ1) is 8.56. The zero-order valence-electron chi connectivity index (χ0n) is 10.6. The summed E-state index contributed by atoms with van der Waals surface area (Å²) < 4.78 is 1.04. The van der Waals surface area contributed by atoms with Crippen LogP contribution in [0.3, 0.4) is 0 Å². The van der Waals surface area contributed by atoms with Crippen LogP contribution in [0.2, 0.25) is 0 Å². The molecule has 1 saturated carbocycles. The van der Waals surface area contributed by atoms with Crippen molar-refractivity contribution < 1.29 is 4.79 Å². The van der Waals surface area contributed by atoms with Crippen molar-refractivity contribution >= 4 is 21.8 Å². The molecular formula is C14H19BrN2O. The maximum Gasteiger partial charge on any atom is 0.224 e. The van der Waals surface area contributed by atoms with Crippen LogP contribution in [0.25, 0.3) is 0 Å². The summed E-state index contributed by atoms with van der Waals surface area (Å²) in [6.07, 6.45) is 2.84. The second-order valence-electron chi connectivity index (χ2n) is 5.09. The van der Waals surface area contributed by atoms with Crippen LogP contribution in [-0.4, -0.2) is 23.9 Å². The van der Waals surface area contributed by atoms with Gasteiger partial charge in [-0.15, -0.1) is 0 Å². The third kappa shape index (κ3) is 3.82. The van der Waals surface area contributed by atoms with Gasteiger partial charge in [-0.3, -0.25) is 4.79 Å². The van der Waals surface area contributed by atoms with Crippen LogP contribution in [0.4, 0.5) is 0 Å². The predicted molar refractivity (Wildman–Crippen MR) is 75.9 cm³/mol. The Labute approximate surface area is 116 Å². The van der Waals surface area contributed by atoms with Crippen LogP contribution in [0, 0.1) is 5.92 Å². The smallest absolute Gasteiger partial charge is 0.224 e. The van der Waals surface area contributed by atoms with Gasteiger partial charge in [0.2, 0.25) is 5.91 Å². The van der Waals surface area contributed by atoms with Crippen LogP contribution in [-0.2, 0) is 11.3 Å². The van der Waals surface area contributed by atoms with Gasteiger partial charge in [-0.05, 0) is 36.5 Å². The first-order valence-electron chi connectivity index (χ1n) is 6.30. The summed E-state index contributed by atoms with van der Waals surface area (Å²) in [4.78, 5) is 13.8. The van der Waals surface area contributed by atoms with Crippen molar-refractivity contribution in [1.29, 1.82) is 0 Å². The fourth-order valence-electron chi connectivity index (χ4n) is 2.05. The van der Waals surface area contributed by atoms with Crippen molar-refractivity contribution in [3.63, 3.8) is 0 Å². The molecule has 0 bridgehead atoms. The number of carbonyl (C=O) groups is 1. The lowest BCUT2D eigenvalue weighted by Crippen LogP contribution is -2.34. The highest BCUT2D eigenvalue weighted by molar-refractivity contribution is 9.10. The van der Waals surface area contributed by atoms with Crippen molar-refractivity contribution in [3.05, 3.63) is 34.3 Å². The number of nitrogens with two attached hydrogens (primary N) is 1. The number of halogens is 1. The van der Waals surface area contributed by atoms with Gasteiger partial charge in [-0.2, -0.15) is 0 Å². The molecule has 1 aliphatic rings. The number of hydrogen-bond donors (Lipinski definition) is 1. The Balaban J connectivity index is 1.86. The maximum atomic E-state index is 12.0. The van der Waals surface area contributed by atoms with E-state index in [1.165, 1.54) is 12.8 Å². The molecule has 4 heteroatoms. The van der Waals surface area contributed by atoms with E-state index in [2.05, 4.69) is 15.9 Å². The molecule has 1 aromatic carbocycles. The topological polar surface area (TPSA) is 46.3 Å². The summed E-state index contributed by atoms with van der Waals surface area (Å²) in [5.41, 5.74) is 7.11. The Morgan fingerprint density at radius 3 is 2.89 bits per heavy atom. The normalized spacial score (nSPS) is 16.4. The van der Waals surface area contributed by atoms with Gasteiger partial charge in [0.25, 0.3) is 0 Å². The molecular weight excluding hydrogens is 292 g/mol. The largest absolute Gasteiger partial charge is 0.341 e. The predicted octanol–water partition coefficient (Wildman–Crippen LogP) is 2.53. The monoisotopic (exact) mass is 310 g/mol. The molecule has 2 rings (SSSR count). The van der Waals surface area contributed by atoms with Gasteiger partial charge in [-0.1, -0.05) is 28.1 Å². The van der Waals surface area contributed by atoms with Crippen molar-refractivity contribution in [1.82, 2.24) is 4.90 Å². The summed E-state index contributed by atoms with van der Waals surface area (Å²) >= 11 is 3.43.